The third kappa shape index (κ3) is 5.23. The molecule has 10 aromatic rings. The second-order valence-electron chi connectivity index (χ2n) is 17.8. The first kappa shape index (κ1) is 35.1. The quantitative estimate of drug-likeness (QED) is 0.160. The summed E-state index contributed by atoms with van der Waals surface area (Å²) >= 11 is 0. The van der Waals surface area contributed by atoms with Crippen LogP contribution in [0.25, 0.3) is 77.4 Å². The van der Waals surface area contributed by atoms with Crippen LogP contribution in [0.3, 0.4) is 0 Å². The average Bonchev–Trinajstić information content (AvgIpc) is 3.82. The molecule has 280 valence electrons. The summed E-state index contributed by atoms with van der Waals surface area (Å²) in [5.74, 6) is 1.15. The molecule has 0 fully saturated rings. The van der Waals surface area contributed by atoms with E-state index in [1.54, 1.807) is 0 Å². The van der Waals surface area contributed by atoms with Gasteiger partial charge in [-0.25, -0.2) is 0 Å². The van der Waals surface area contributed by atoms with E-state index in [1.165, 1.54) is 71.5 Å². The molecule has 57 heavy (non-hydrogen) atoms. The molecule has 0 atom stereocenters. The maximum absolute atomic E-state index is 2.57. The lowest BCUT2D eigenvalue weighted by atomic mass is 9.78. The lowest BCUT2D eigenvalue weighted by molar-refractivity contribution is -0.572. The van der Waals surface area contributed by atoms with E-state index in [0.717, 1.165) is 28.4 Å². The van der Waals surface area contributed by atoms with Crippen molar-refractivity contribution in [2.24, 2.45) is 0 Å². The molecule has 3 aromatic heterocycles. The summed E-state index contributed by atoms with van der Waals surface area (Å²) in [6.07, 6.45) is 0. The standard InChI is InChI=1S/C53H49N4/c1-34-43(53(6,7)8)31-36(52(3,4)5)32-48(34)54-35(2)55(47-30-20-19-29-46(47)54)51-49-41(39-25-15-17-27-44(39)56(49)37-21-11-9-12-22-37)33-42-40-26-16-18-28-45(40)57(50(42)51)38-23-13-10-14-24-38/h9-33H,1-8H3/q+1. The Morgan fingerprint density at radius 1 is 0.439 bits per heavy atom. The first-order chi connectivity index (χ1) is 27.4. The molecule has 4 nitrogen and oxygen atoms in total. The van der Waals surface area contributed by atoms with E-state index in [1.807, 2.05) is 0 Å². The van der Waals surface area contributed by atoms with E-state index in [2.05, 4.69) is 225 Å². The molecule has 4 heteroatoms. The summed E-state index contributed by atoms with van der Waals surface area (Å²) < 4.78 is 10.1. The summed E-state index contributed by atoms with van der Waals surface area (Å²) in [4.78, 5) is 0. The van der Waals surface area contributed by atoms with E-state index < -0.39 is 0 Å². The van der Waals surface area contributed by atoms with Crippen molar-refractivity contribution in [2.75, 3.05) is 0 Å². The minimum Gasteiger partial charge on any atom is -0.305 e. The third-order valence-electron chi connectivity index (χ3n) is 12.1. The summed E-state index contributed by atoms with van der Waals surface area (Å²) in [6.45, 7) is 18.7. The number of nitrogens with zero attached hydrogens (tertiary/aromatic N) is 4. The molecule has 0 spiro atoms. The molecule has 0 saturated carbocycles. The maximum atomic E-state index is 2.57. The SMILES string of the molecule is Cc1c(-n2c(C)[n+](-c3c4c(cc5c6ccccc6n(-c6ccccc6)c35)c3ccccc3n4-c3ccccc3)c3ccccc32)cc(C(C)(C)C)cc1C(C)(C)C. The van der Waals surface area contributed by atoms with Gasteiger partial charge in [-0.1, -0.05) is 133 Å². The molecule has 3 heterocycles. The fourth-order valence-corrected chi connectivity index (χ4v) is 9.47. The Morgan fingerprint density at radius 2 is 0.912 bits per heavy atom. The van der Waals surface area contributed by atoms with Gasteiger partial charge in [0.25, 0.3) is 5.82 Å². The fourth-order valence-electron chi connectivity index (χ4n) is 9.47. The van der Waals surface area contributed by atoms with Gasteiger partial charge in [-0.15, -0.1) is 0 Å². The summed E-state index contributed by atoms with van der Waals surface area (Å²) in [7, 11) is 0. The van der Waals surface area contributed by atoms with Gasteiger partial charge < -0.3 is 9.13 Å². The number of hydrogen-bond donors (Lipinski definition) is 0. The maximum Gasteiger partial charge on any atom is 0.264 e. The molecule has 0 amide bonds. The molecule has 0 radical (unpaired) electrons. The number of aromatic nitrogens is 4. The lowest BCUT2D eigenvalue weighted by Crippen LogP contribution is -2.35. The van der Waals surface area contributed by atoms with Crippen molar-refractivity contribution in [3.05, 3.63) is 174 Å². The molecule has 0 unspecified atom stereocenters. The zero-order chi connectivity index (χ0) is 39.4. The van der Waals surface area contributed by atoms with Crippen LogP contribution in [0.5, 0.6) is 0 Å². The zero-order valence-corrected chi connectivity index (χ0v) is 34.2. The van der Waals surface area contributed by atoms with Crippen molar-refractivity contribution >= 4 is 54.6 Å². The van der Waals surface area contributed by atoms with Crippen molar-refractivity contribution < 1.29 is 4.57 Å². The van der Waals surface area contributed by atoms with Crippen molar-refractivity contribution in [3.63, 3.8) is 0 Å². The van der Waals surface area contributed by atoms with Crippen LogP contribution in [0.15, 0.2) is 152 Å². The predicted octanol–water partition coefficient (Wildman–Crippen LogP) is 13.3. The van der Waals surface area contributed by atoms with Gasteiger partial charge in [0.1, 0.15) is 16.7 Å². The first-order valence-electron chi connectivity index (χ1n) is 20.2. The number of benzene rings is 7. The Bertz CT molecular complexity index is 3060. The van der Waals surface area contributed by atoms with Crippen molar-refractivity contribution in [2.45, 2.75) is 66.2 Å². The molecule has 7 aromatic carbocycles. The molecule has 10 rings (SSSR count). The topological polar surface area (TPSA) is 18.7 Å². The number of hydrogen-bond acceptors (Lipinski definition) is 0. The fraction of sp³-hybridized carbons (Fsp3) is 0.189. The van der Waals surface area contributed by atoms with E-state index in [9.17, 15) is 0 Å². The van der Waals surface area contributed by atoms with Crippen LogP contribution >= 0.6 is 0 Å². The van der Waals surface area contributed by atoms with Crippen LogP contribution in [0.1, 0.15) is 64.1 Å². The monoisotopic (exact) mass is 741 g/mol. The molecular weight excluding hydrogens is 693 g/mol. The van der Waals surface area contributed by atoms with Crippen molar-refractivity contribution in [1.82, 2.24) is 13.7 Å². The molecule has 0 bridgehead atoms. The van der Waals surface area contributed by atoms with Gasteiger partial charge in [0, 0.05) is 45.4 Å². The van der Waals surface area contributed by atoms with Gasteiger partial charge >= 0.3 is 0 Å². The molecule has 0 aliphatic heterocycles. The van der Waals surface area contributed by atoms with Crippen LogP contribution in [0.2, 0.25) is 0 Å². The molecule has 0 N–H and O–H groups in total. The predicted molar refractivity (Wildman–Crippen MR) is 240 cm³/mol. The van der Waals surface area contributed by atoms with Gasteiger partial charge in [-0.05, 0) is 89.5 Å². The highest BCUT2D eigenvalue weighted by atomic mass is 15.2. The Labute approximate surface area is 334 Å². The van der Waals surface area contributed by atoms with Crippen LogP contribution in [-0.4, -0.2) is 13.7 Å². The van der Waals surface area contributed by atoms with Gasteiger partial charge in [0.2, 0.25) is 0 Å². The minimum absolute atomic E-state index is 0.0275. The normalized spacial score (nSPS) is 12.6. The van der Waals surface area contributed by atoms with Gasteiger partial charge in [-0.2, -0.15) is 9.13 Å². The lowest BCUT2D eigenvalue weighted by Gasteiger charge is -2.28. The Kier molecular flexibility index (Phi) is 7.72. The Balaban J connectivity index is 1.48. The number of fused-ring (bicyclic) bond motifs is 7. The highest BCUT2D eigenvalue weighted by Crippen LogP contribution is 2.44. The largest absolute Gasteiger partial charge is 0.305 e. The average molecular weight is 742 g/mol. The van der Waals surface area contributed by atoms with E-state index in [0.29, 0.717) is 0 Å². The van der Waals surface area contributed by atoms with Gasteiger partial charge in [-0.3, -0.25) is 0 Å². The third-order valence-corrected chi connectivity index (χ3v) is 12.1. The number of imidazole rings is 1. The second-order valence-corrected chi connectivity index (χ2v) is 17.8. The molecule has 0 saturated heterocycles. The van der Waals surface area contributed by atoms with E-state index in [4.69, 9.17) is 0 Å². The highest BCUT2D eigenvalue weighted by molar-refractivity contribution is 6.22. The summed E-state index contributed by atoms with van der Waals surface area (Å²) in [5, 5.41) is 4.94. The van der Waals surface area contributed by atoms with Crippen molar-refractivity contribution in [1.29, 1.82) is 0 Å². The minimum atomic E-state index is -0.0298. The molecule has 0 aliphatic carbocycles. The van der Waals surface area contributed by atoms with Gasteiger partial charge in [0.05, 0.1) is 11.0 Å². The molecular formula is C53H49N4+. The van der Waals surface area contributed by atoms with Crippen molar-refractivity contribution in [3.8, 4) is 22.7 Å². The molecule has 0 aliphatic rings. The smallest absolute Gasteiger partial charge is 0.264 e. The van der Waals surface area contributed by atoms with Crippen LogP contribution in [-0.2, 0) is 10.8 Å². The van der Waals surface area contributed by atoms with Crippen LogP contribution < -0.4 is 4.57 Å². The number of para-hydroxylation sites is 6. The zero-order valence-electron chi connectivity index (χ0n) is 34.2. The summed E-state index contributed by atoms with van der Waals surface area (Å²) in [6, 6.07) is 55.9. The van der Waals surface area contributed by atoms with Gasteiger partial charge in [0.15, 0.2) is 16.7 Å². The van der Waals surface area contributed by atoms with Crippen LogP contribution in [0.4, 0.5) is 0 Å². The number of rotatable bonds is 4. The highest BCUT2D eigenvalue weighted by Gasteiger charge is 2.34. The second kappa shape index (κ2) is 12.6. The van der Waals surface area contributed by atoms with Crippen LogP contribution in [0, 0.1) is 13.8 Å². The van der Waals surface area contributed by atoms with E-state index >= 15 is 0 Å². The first-order valence-corrected chi connectivity index (χ1v) is 20.2. The summed E-state index contributed by atoms with van der Waals surface area (Å²) in [5.41, 5.74) is 15.7. The Hall–Kier alpha value is -6.39. The Morgan fingerprint density at radius 3 is 1.42 bits per heavy atom. The van der Waals surface area contributed by atoms with E-state index in [-0.39, 0.29) is 10.8 Å².